The summed E-state index contributed by atoms with van der Waals surface area (Å²) in [6.45, 7) is 0. The largest absolute Gasteiger partial charge is 0.384 e. The van der Waals surface area contributed by atoms with E-state index in [1.165, 1.54) is 0 Å². The van der Waals surface area contributed by atoms with Crippen molar-refractivity contribution in [2.75, 3.05) is 5.73 Å². The molecule has 106 valence electrons. The molecule has 0 amide bonds. The fraction of sp³-hybridized carbons (Fsp3) is 0. The predicted molar refractivity (Wildman–Crippen MR) is 88.4 cm³/mol. The van der Waals surface area contributed by atoms with Gasteiger partial charge in [0.05, 0.1) is 16.4 Å². The highest BCUT2D eigenvalue weighted by Crippen LogP contribution is 2.29. The number of hydrogen-bond acceptors (Lipinski definition) is 2. The van der Waals surface area contributed by atoms with Crippen molar-refractivity contribution in [2.24, 2.45) is 0 Å². The van der Waals surface area contributed by atoms with Crippen molar-refractivity contribution in [3.8, 4) is 16.9 Å². The van der Waals surface area contributed by atoms with Gasteiger partial charge in [-0.1, -0.05) is 46.9 Å². The first-order valence-electron chi connectivity index (χ1n) is 6.11. The van der Waals surface area contributed by atoms with E-state index in [1.54, 1.807) is 41.1 Å². The molecule has 3 aromatic rings. The molecule has 0 fully saturated rings. The van der Waals surface area contributed by atoms with E-state index in [1.807, 2.05) is 12.1 Å². The number of halogens is 3. The Labute approximate surface area is 136 Å². The first-order chi connectivity index (χ1) is 10.0. The Morgan fingerprint density at radius 3 is 2.19 bits per heavy atom. The topological polar surface area (TPSA) is 43.8 Å². The molecule has 3 rings (SSSR count). The molecule has 0 aliphatic rings. The zero-order valence-corrected chi connectivity index (χ0v) is 13.0. The summed E-state index contributed by atoms with van der Waals surface area (Å²) in [4.78, 5) is 0. The summed E-state index contributed by atoms with van der Waals surface area (Å²) in [7, 11) is 0. The maximum atomic E-state index is 6.19. The molecule has 0 radical (unpaired) electrons. The third-order valence-electron chi connectivity index (χ3n) is 3.01. The van der Waals surface area contributed by atoms with Crippen molar-refractivity contribution >= 4 is 40.6 Å². The van der Waals surface area contributed by atoms with Crippen molar-refractivity contribution in [3.63, 3.8) is 0 Å². The third kappa shape index (κ3) is 2.86. The number of aromatic nitrogens is 2. The molecule has 1 aromatic heterocycles. The van der Waals surface area contributed by atoms with Crippen LogP contribution in [0.4, 0.5) is 5.82 Å². The Bertz CT molecular complexity index is 794. The molecule has 2 aromatic carbocycles. The van der Waals surface area contributed by atoms with Crippen molar-refractivity contribution in [1.82, 2.24) is 9.78 Å². The van der Waals surface area contributed by atoms with Crippen LogP contribution in [-0.4, -0.2) is 9.78 Å². The van der Waals surface area contributed by atoms with Gasteiger partial charge in [0, 0.05) is 21.7 Å². The zero-order chi connectivity index (χ0) is 15.0. The number of nitrogens with two attached hydrogens (primary N) is 1. The van der Waals surface area contributed by atoms with Crippen LogP contribution in [0, 0.1) is 0 Å². The Kier molecular flexibility index (Phi) is 3.81. The molecule has 21 heavy (non-hydrogen) atoms. The average Bonchev–Trinajstić information content (AvgIpc) is 2.81. The van der Waals surface area contributed by atoms with E-state index in [0.29, 0.717) is 26.6 Å². The van der Waals surface area contributed by atoms with Crippen LogP contribution >= 0.6 is 34.8 Å². The molecule has 0 atom stereocenters. The highest BCUT2D eigenvalue weighted by atomic mass is 35.5. The molecule has 0 aliphatic heterocycles. The molecule has 0 bridgehead atoms. The van der Waals surface area contributed by atoms with Gasteiger partial charge in [0.15, 0.2) is 0 Å². The Morgan fingerprint density at radius 2 is 1.52 bits per heavy atom. The van der Waals surface area contributed by atoms with Gasteiger partial charge in [0.2, 0.25) is 0 Å². The van der Waals surface area contributed by atoms with E-state index in [0.717, 1.165) is 11.3 Å². The van der Waals surface area contributed by atoms with Crippen molar-refractivity contribution < 1.29 is 0 Å². The molecule has 0 unspecified atom stereocenters. The summed E-state index contributed by atoms with van der Waals surface area (Å²) < 4.78 is 1.59. The van der Waals surface area contributed by atoms with Gasteiger partial charge in [-0.15, -0.1) is 0 Å². The van der Waals surface area contributed by atoms with E-state index < -0.39 is 0 Å². The van der Waals surface area contributed by atoms with Crippen LogP contribution < -0.4 is 5.73 Å². The predicted octanol–water partition coefficient (Wildman–Crippen LogP) is 5.08. The van der Waals surface area contributed by atoms with E-state index >= 15 is 0 Å². The van der Waals surface area contributed by atoms with Gasteiger partial charge in [-0.05, 0) is 30.3 Å². The van der Waals surface area contributed by atoms with E-state index in [4.69, 9.17) is 40.5 Å². The quantitative estimate of drug-likeness (QED) is 0.708. The molecule has 0 aliphatic carbocycles. The maximum absolute atomic E-state index is 6.19. The molecular weight excluding hydrogens is 329 g/mol. The average molecular weight is 339 g/mol. The van der Waals surface area contributed by atoms with Gasteiger partial charge >= 0.3 is 0 Å². The minimum absolute atomic E-state index is 0.486. The minimum Gasteiger partial charge on any atom is -0.384 e. The summed E-state index contributed by atoms with van der Waals surface area (Å²) in [6.07, 6.45) is 0. The van der Waals surface area contributed by atoms with Gasteiger partial charge in [0.25, 0.3) is 0 Å². The fourth-order valence-corrected chi connectivity index (χ4v) is 2.62. The second-order valence-electron chi connectivity index (χ2n) is 4.47. The van der Waals surface area contributed by atoms with Gasteiger partial charge in [0.1, 0.15) is 5.82 Å². The lowest BCUT2D eigenvalue weighted by Crippen LogP contribution is -2.02. The molecule has 1 heterocycles. The lowest BCUT2D eigenvalue weighted by atomic mass is 10.1. The van der Waals surface area contributed by atoms with Crippen LogP contribution in [0.15, 0.2) is 48.5 Å². The molecule has 0 spiro atoms. The van der Waals surface area contributed by atoms with Crippen LogP contribution in [0.25, 0.3) is 16.9 Å². The zero-order valence-electron chi connectivity index (χ0n) is 10.7. The number of hydrogen-bond donors (Lipinski definition) is 1. The Hall–Kier alpha value is -1.68. The van der Waals surface area contributed by atoms with Crippen molar-refractivity contribution in [2.45, 2.75) is 0 Å². The summed E-state index contributed by atoms with van der Waals surface area (Å²) in [6, 6.07) is 14.3. The van der Waals surface area contributed by atoms with Gasteiger partial charge < -0.3 is 5.73 Å². The monoisotopic (exact) mass is 337 g/mol. The summed E-state index contributed by atoms with van der Waals surface area (Å²) in [5.74, 6) is 0.490. The number of benzene rings is 2. The van der Waals surface area contributed by atoms with Crippen LogP contribution in [0.2, 0.25) is 15.1 Å². The lowest BCUT2D eigenvalue weighted by Gasteiger charge is -2.06. The van der Waals surface area contributed by atoms with Crippen LogP contribution in [0.1, 0.15) is 0 Å². The molecule has 3 nitrogen and oxygen atoms in total. The van der Waals surface area contributed by atoms with Gasteiger partial charge in [-0.2, -0.15) is 5.10 Å². The smallest absolute Gasteiger partial charge is 0.127 e. The first kappa shape index (κ1) is 14.3. The van der Waals surface area contributed by atoms with Crippen molar-refractivity contribution in [3.05, 3.63) is 63.6 Å². The second-order valence-corrected chi connectivity index (χ2v) is 5.75. The molecule has 0 saturated heterocycles. The minimum atomic E-state index is 0.486. The first-order valence-corrected chi connectivity index (χ1v) is 7.25. The van der Waals surface area contributed by atoms with E-state index in [2.05, 4.69) is 5.10 Å². The Morgan fingerprint density at radius 1 is 0.857 bits per heavy atom. The number of rotatable bonds is 2. The van der Waals surface area contributed by atoms with Gasteiger partial charge in [-0.25, -0.2) is 4.68 Å². The highest BCUT2D eigenvalue weighted by molar-refractivity contribution is 6.35. The van der Waals surface area contributed by atoms with E-state index in [-0.39, 0.29) is 0 Å². The SMILES string of the molecule is Nc1cc(-c2ccc(Cl)cc2)nn1-c1ccc(Cl)cc1Cl. The summed E-state index contributed by atoms with van der Waals surface area (Å²) in [5.41, 5.74) is 8.38. The highest BCUT2D eigenvalue weighted by Gasteiger charge is 2.11. The number of nitrogens with zero attached hydrogens (tertiary/aromatic N) is 2. The molecule has 0 saturated carbocycles. The molecule has 6 heteroatoms. The summed E-state index contributed by atoms with van der Waals surface area (Å²) >= 11 is 18.0. The van der Waals surface area contributed by atoms with Crippen LogP contribution in [0.3, 0.4) is 0 Å². The standard InChI is InChI=1S/C15H10Cl3N3/c16-10-3-1-9(2-4-10)13-8-15(19)21(20-13)14-6-5-11(17)7-12(14)18/h1-8H,19H2. The Balaban J connectivity index is 2.07. The van der Waals surface area contributed by atoms with Crippen molar-refractivity contribution in [1.29, 1.82) is 0 Å². The number of nitrogen functional groups attached to an aromatic ring is 1. The lowest BCUT2D eigenvalue weighted by molar-refractivity contribution is 0.895. The van der Waals surface area contributed by atoms with E-state index in [9.17, 15) is 0 Å². The second kappa shape index (κ2) is 5.60. The summed E-state index contributed by atoms with van der Waals surface area (Å²) in [5, 5.41) is 6.21. The normalized spacial score (nSPS) is 10.8. The molecule has 2 N–H and O–H groups in total. The van der Waals surface area contributed by atoms with Crippen LogP contribution in [-0.2, 0) is 0 Å². The maximum Gasteiger partial charge on any atom is 0.127 e. The number of anilines is 1. The third-order valence-corrected chi connectivity index (χ3v) is 3.80. The van der Waals surface area contributed by atoms with Crippen LogP contribution in [0.5, 0.6) is 0 Å². The van der Waals surface area contributed by atoms with Gasteiger partial charge in [-0.3, -0.25) is 0 Å². The molecular formula is C15H10Cl3N3. The fourth-order valence-electron chi connectivity index (χ4n) is 2.00.